The second-order valence-corrected chi connectivity index (χ2v) is 3.94. The molecule has 1 aromatic rings. The van der Waals surface area contributed by atoms with Crippen LogP contribution in [0.3, 0.4) is 0 Å². The molecule has 1 N–H and O–H groups in total. The zero-order valence-corrected chi connectivity index (χ0v) is 8.35. The van der Waals surface area contributed by atoms with Crippen LogP contribution in [-0.4, -0.2) is 6.54 Å². The molecule has 1 aromatic carbocycles. The molecule has 69 valence electrons. The van der Waals surface area contributed by atoms with Crippen molar-refractivity contribution in [2.24, 2.45) is 0 Å². The second kappa shape index (κ2) is 3.06. The lowest BCUT2D eigenvalue weighted by atomic mass is 9.87. The van der Waals surface area contributed by atoms with Crippen LogP contribution in [0.5, 0.6) is 0 Å². The fourth-order valence-corrected chi connectivity index (χ4v) is 2.06. The van der Waals surface area contributed by atoms with E-state index in [1.807, 2.05) is 0 Å². The maximum atomic E-state index is 4.14. The molecule has 2 rings (SSSR count). The van der Waals surface area contributed by atoms with Gasteiger partial charge in [0, 0.05) is 12.2 Å². The van der Waals surface area contributed by atoms with Gasteiger partial charge in [0.1, 0.15) is 0 Å². The zero-order chi connectivity index (χ0) is 9.42. The van der Waals surface area contributed by atoms with E-state index in [9.17, 15) is 0 Å². The van der Waals surface area contributed by atoms with E-state index >= 15 is 0 Å². The molecule has 1 radical (unpaired) electrons. The molecule has 0 bridgehead atoms. The fraction of sp³-hybridized carbons (Fsp3) is 0.417. The van der Waals surface area contributed by atoms with Crippen molar-refractivity contribution in [3.05, 3.63) is 35.7 Å². The Morgan fingerprint density at radius 3 is 3.00 bits per heavy atom. The minimum atomic E-state index is 0.656. The normalized spacial score (nSPS) is 20.7. The van der Waals surface area contributed by atoms with Gasteiger partial charge in [-0.15, -0.1) is 0 Å². The molecule has 1 aliphatic heterocycles. The summed E-state index contributed by atoms with van der Waals surface area (Å²) >= 11 is 0. The van der Waals surface area contributed by atoms with Crippen LogP contribution in [0.15, 0.2) is 12.1 Å². The Morgan fingerprint density at radius 2 is 2.23 bits per heavy atom. The summed E-state index contributed by atoms with van der Waals surface area (Å²) in [6.45, 7) is 9.65. The zero-order valence-electron chi connectivity index (χ0n) is 8.35. The molecule has 0 saturated heterocycles. The highest BCUT2D eigenvalue weighted by Crippen LogP contribution is 2.34. The molecule has 1 heteroatoms. The van der Waals surface area contributed by atoms with Crippen LogP contribution in [0.25, 0.3) is 0 Å². The minimum Gasteiger partial charge on any atom is -0.385 e. The summed E-state index contributed by atoms with van der Waals surface area (Å²) in [5.74, 6) is 0.656. The van der Waals surface area contributed by atoms with Gasteiger partial charge >= 0.3 is 0 Å². The van der Waals surface area contributed by atoms with Gasteiger partial charge in [0.15, 0.2) is 0 Å². The number of hydrogen-bond donors (Lipinski definition) is 1. The summed E-state index contributed by atoms with van der Waals surface area (Å²) < 4.78 is 0. The Balaban J connectivity index is 2.58. The Hall–Kier alpha value is -0.980. The first kappa shape index (κ1) is 8.61. The predicted molar refractivity (Wildman–Crippen MR) is 57.2 cm³/mol. The van der Waals surface area contributed by atoms with Crippen LogP contribution in [-0.2, 0) is 0 Å². The minimum absolute atomic E-state index is 0.656. The average molecular weight is 174 g/mol. The molecule has 0 saturated carbocycles. The van der Waals surface area contributed by atoms with E-state index < -0.39 is 0 Å². The molecule has 0 aromatic heterocycles. The van der Waals surface area contributed by atoms with Gasteiger partial charge in [-0.1, -0.05) is 13.0 Å². The van der Waals surface area contributed by atoms with E-state index in [1.54, 1.807) is 0 Å². The van der Waals surface area contributed by atoms with Gasteiger partial charge in [-0.2, -0.15) is 0 Å². The highest BCUT2D eigenvalue weighted by molar-refractivity contribution is 5.60. The first-order valence-electron chi connectivity index (χ1n) is 4.89. The Labute approximate surface area is 80.2 Å². The maximum absolute atomic E-state index is 4.14. The van der Waals surface area contributed by atoms with Gasteiger partial charge in [-0.05, 0) is 48.9 Å². The van der Waals surface area contributed by atoms with Gasteiger partial charge in [-0.25, -0.2) is 0 Å². The number of anilines is 1. The average Bonchev–Trinajstić information content (AvgIpc) is 2.12. The van der Waals surface area contributed by atoms with Gasteiger partial charge in [0.25, 0.3) is 0 Å². The second-order valence-electron chi connectivity index (χ2n) is 3.94. The molecule has 1 aliphatic rings. The first-order chi connectivity index (χ1) is 6.20. The monoisotopic (exact) mass is 174 g/mol. The van der Waals surface area contributed by atoms with Crippen molar-refractivity contribution in [3.8, 4) is 0 Å². The molecular weight excluding hydrogens is 158 g/mol. The quantitative estimate of drug-likeness (QED) is 0.637. The van der Waals surface area contributed by atoms with Crippen LogP contribution < -0.4 is 5.32 Å². The van der Waals surface area contributed by atoms with E-state index in [4.69, 9.17) is 0 Å². The first-order valence-corrected chi connectivity index (χ1v) is 4.89. The number of hydrogen-bond acceptors (Lipinski definition) is 1. The van der Waals surface area contributed by atoms with Gasteiger partial charge < -0.3 is 5.32 Å². The molecular formula is C12H16N. The molecule has 13 heavy (non-hydrogen) atoms. The van der Waals surface area contributed by atoms with E-state index in [-0.39, 0.29) is 0 Å². The van der Waals surface area contributed by atoms with Crippen molar-refractivity contribution in [1.29, 1.82) is 0 Å². The molecule has 0 amide bonds. The standard InChI is InChI=1S/C12H16N/c1-8-4-5-11-12(10(8)3)9(2)6-7-13-11/h4-5,9,13H,3,6-7H2,1-2H3. The van der Waals surface area contributed by atoms with E-state index in [2.05, 4.69) is 38.2 Å². The summed E-state index contributed by atoms with van der Waals surface area (Å²) in [4.78, 5) is 0. The van der Waals surface area contributed by atoms with Gasteiger partial charge in [-0.3, -0.25) is 0 Å². The lowest BCUT2D eigenvalue weighted by Gasteiger charge is -2.26. The number of rotatable bonds is 0. The number of aryl methyl sites for hydroxylation is 1. The number of benzene rings is 1. The summed E-state index contributed by atoms with van der Waals surface area (Å²) in [5, 5.41) is 3.42. The van der Waals surface area contributed by atoms with Crippen molar-refractivity contribution >= 4 is 5.69 Å². The molecule has 1 atom stereocenters. The van der Waals surface area contributed by atoms with Crippen molar-refractivity contribution < 1.29 is 0 Å². The van der Waals surface area contributed by atoms with Crippen molar-refractivity contribution in [3.63, 3.8) is 0 Å². The Kier molecular flexibility index (Phi) is 2.03. The largest absolute Gasteiger partial charge is 0.385 e. The maximum Gasteiger partial charge on any atom is 0.0378 e. The Bertz CT molecular complexity index is 328. The summed E-state index contributed by atoms with van der Waals surface area (Å²) in [5.41, 5.74) is 5.23. The molecule has 1 unspecified atom stereocenters. The van der Waals surface area contributed by atoms with Crippen LogP contribution in [0.2, 0.25) is 0 Å². The number of fused-ring (bicyclic) bond motifs is 1. The van der Waals surface area contributed by atoms with Crippen LogP contribution >= 0.6 is 0 Å². The lowest BCUT2D eigenvalue weighted by Crippen LogP contribution is -2.16. The van der Waals surface area contributed by atoms with Crippen molar-refractivity contribution in [1.82, 2.24) is 0 Å². The van der Waals surface area contributed by atoms with E-state index in [0.717, 1.165) is 6.54 Å². The molecule has 1 nitrogen and oxygen atoms in total. The van der Waals surface area contributed by atoms with Gasteiger partial charge in [0.05, 0.1) is 0 Å². The van der Waals surface area contributed by atoms with Crippen LogP contribution in [0.1, 0.15) is 36.0 Å². The molecule has 0 spiro atoms. The highest BCUT2D eigenvalue weighted by atomic mass is 14.9. The lowest BCUT2D eigenvalue weighted by molar-refractivity contribution is 0.680. The summed E-state index contributed by atoms with van der Waals surface area (Å²) in [6, 6.07) is 4.32. The van der Waals surface area contributed by atoms with Crippen molar-refractivity contribution in [2.45, 2.75) is 26.2 Å². The third-order valence-electron chi connectivity index (χ3n) is 2.98. The third-order valence-corrected chi connectivity index (χ3v) is 2.98. The predicted octanol–water partition coefficient (Wildman–Crippen LogP) is 3.10. The summed E-state index contributed by atoms with van der Waals surface area (Å²) in [7, 11) is 0. The van der Waals surface area contributed by atoms with Crippen LogP contribution in [0.4, 0.5) is 5.69 Å². The van der Waals surface area contributed by atoms with E-state index in [0.29, 0.717) is 5.92 Å². The van der Waals surface area contributed by atoms with Gasteiger partial charge in [0.2, 0.25) is 0 Å². The molecule has 0 aliphatic carbocycles. The van der Waals surface area contributed by atoms with Crippen LogP contribution in [0, 0.1) is 13.8 Å². The third kappa shape index (κ3) is 1.32. The highest BCUT2D eigenvalue weighted by Gasteiger charge is 2.18. The SMILES string of the molecule is [CH2]c1c(C)ccc2c1C(C)CCN2. The molecule has 0 fully saturated rings. The number of nitrogens with one attached hydrogen (secondary N) is 1. The molecule has 1 heterocycles. The fourth-order valence-electron chi connectivity index (χ4n) is 2.06. The topological polar surface area (TPSA) is 12.0 Å². The van der Waals surface area contributed by atoms with Crippen molar-refractivity contribution in [2.75, 3.05) is 11.9 Å². The Morgan fingerprint density at radius 1 is 1.46 bits per heavy atom. The smallest absolute Gasteiger partial charge is 0.0378 e. The summed E-state index contributed by atoms with van der Waals surface area (Å²) in [6.07, 6.45) is 1.22. The van der Waals surface area contributed by atoms with E-state index in [1.165, 1.54) is 28.8 Å².